The summed E-state index contributed by atoms with van der Waals surface area (Å²) < 4.78 is 5.04. The SMILES string of the molecule is CCN(CC)c1ccc(C(=O)OCC(=O)NCC(=O)Nc2c(C)cccc2C)cc1. The van der Waals surface area contributed by atoms with E-state index in [-0.39, 0.29) is 12.5 Å². The van der Waals surface area contributed by atoms with E-state index in [4.69, 9.17) is 4.74 Å². The van der Waals surface area contributed by atoms with E-state index in [1.807, 2.05) is 44.2 Å². The summed E-state index contributed by atoms with van der Waals surface area (Å²) in [6.45, 7) is 9.01. The molecule has 0 atom stereocenters. The number of esters is 1. The predicted molar refractivity (Wildman–Crippen MR) is 118 cm³/mol. The van der Waals surface area contributed by atoms with Crippen LogP contribution in [0.1, 0.15) is 35.3 Å². The molecule has 7 nitrogen and oxygen atoms in total. The van der Waals surface area contributed by atoms with Crippen molar-refractivity contribution >= 4 is 29.2 Å². The fraction of sp³-hybridized carbons (Fsp3) is 0.348. The van der Waals surface area contributed by atoms with E-state index in [0.29, 0.717) is 5.56 Å². The minimum Gasteiger partial charge on any atom is -0.452 e. The molecule has 2 amide bonds. The lowest BCUT2D eigenvalue weighted by Crippen LogP contribution is -2.35. The summed E-state index contributed by atoms with van der Waals surface area (Å²) in [7, 11) is 0. The van der Waals surface area contributed by atoms with Gasteiger partial charge in [0.25, 0.3) is 5.91 Å². The van der Waals surface area contributed by atoms with Crippen molar-refractivity contribution in [3.05, 3.63) is 59.2 Å². The van der Waals surface area contributed by atoms with Crippen LogP contribution in [0.3, 0.4) is 0 Å². The largest absolute Gasteiger partial charge is 0.452 e. The molecule has 160 valence electrons. The van der Waals surface area contributed by atoms with E-state index >= 15 is 0 Å². The standard InChI is InChI=1S/C23H29N3O4/c1-5-26(6-2)19-12-10-18(11-13-19)23(29)30-15-21(28)24-14-20(27)25-22-16(3)8-7-9-17(22)4/h7-13H,5-6,14-15H2,1-4H3,(H,24,28)(H,25,27). The van der Waals surface area contributed by atoms with E-state index in [1.165, 1.54) is 0 Å². The number of carbonyl (C=O) groups is 3. The van der Waals surface area contributed by atoms with Gasteiger partial charge in [-0.25, -0.2) is 4.79 Å². The van der Waals surface area contributed by atoms with Crippen LogP contribution in [-0.4, -0.2) is 44.0 Å². The summed E-state index contributed by atoms with van der Waals surface area (Å²) >= 11 is 0. The molecule has 0 radical (unpaired) electrons. The van der Waals surface area contributed by atoms with Crippen LogP contribution in [0.2, 0.25) is 0 Å². The third kappa shape index (κ3) is 6.34. The van der Waals surface area contributed by atoms with Gasteiger partial charge in [-0.15, -0.1) is 0 Å². The van der Waals surface area contributed by atoms with E-state index in [0.717, 1.165) is 35.6 Å². The average molecular weight is 412 g/mol. The Morgan fingerprint density at radius 2 is 1.50 bits per heavy atom. The topological polar surface area (TPSA) is 87.7 Å². The fourth-order valence-electron chi connectivity index (χ4n) is 3.04. The predicted octanol–water partition coefficient (Wildman–Crippen LogP) is 3.06. The van der Waals surface area contributed by atoms with Gasteiger partial charge in [-0.1, -0.05) is 18.2 Å². The van der Waals surface area contributed by atoms with E-state index in [1.54, 1.807) is 12.1 Å². The summed E-state index contributed by atoms with van der Waals surface area (Å²) in [6, 6.07) is 12.7. The second-order valence-electron chi connectivity index (χ2n) is 6.89. The first-order chi connectivity index (χ1) is 14.3. The Bertz CT molecular complexity index is 870. The Morgan fingerprint density at radius 3 is 2.07 bits per heavy atom. The number of para-hydroxylation sites is 1. The average Bonchev–Trinajstić information content (AvgIpc) is 2.74. The van der Waals surface area contributed by atoms with Gasteiger partial charge in [-0.3, -0.25) is 9.59 Å². The maximum atomic E-state index is 12.1. The highest BCUT2D eigenvalue weighted by Crippen LogP contribution is 2.19. The summed E-state index contributed by atoms with van der Waals surface area (Å²) in [4.78, 5) is 38.3. The molecule has 2 aromatic carbocycles. The second kappa shape index (κ2) is 11.0. The highest BCUT2D eigenvalue weighted by molar-refractivity contribution is 5.96. The van der Waals surface area contributed by atoms with Gasteiger partial charge in [0.1, 0.15) is 0 Å². The zero-order chi connectivity index (χ0) is 22.1. The molecule has 0 saturated heterocycles. The molecule has 0 heterocycles. The van der Waals surface area contributed by atoms with Crippen molar-refractivity contribution in [3.63, 3.8) is 0 Å². The van der Waals surface area contributed by atoms with E-state index < -0.39 is 18.5 Å². The number of nitrogens with one attached hydrogen (secondary N) is 2. The van der Waals surface area contributed by atoms with Gasteiger partial charge in [0.05, 0.1) is 12.1 Å². The number of anilines is 2. The smallest absolute Gasteiger partial charge is 0.338 e. The highest BCUT2D eigenvalue weighted by Gasteiger charge is 2.13. The van der Waals surface area contributed by atoms with E-state index in [9.17, 15) is 14.4 Å². The van der Waals surface area contributed by atoms with Crippen molar-refractivity contribution in [2.75, 3.05) is 36.5 Å². The maximum absolute atomic E-state index is 12.1. The lowest BCUT2D eigenvalue weighted by atomic mass is 10.1. The van der Waals surface area contributed by atoms with Crippen LogP contribution < -0.4 is 15.5 Å². The molecular weight excluding hydrogens is 382 g/mol. The van der Waals surface area contributed by atoms with Crippen molar-refractivity contribution in [2.24, 2.45) is 0 Å². The van der Waals surface area contributed by atoms with Crippen LogP contribution in [0.5, 0.6) is 0 Å². The van der Waals surface area contributed by atoms with Crippen molar-refractivity contribution in [3.8, 4) is 0 Å². The van der Waals surface area contributed by atoms with Crippen LogP contribution in [0.4, 0.5) is 11.4 Å². The van der Waals surface area contributed by atoms with Gasteiger partial charge in [-0.05, 0) is 63.1 Å². The van der Waals surface area contributed by atoms with Gasteiger partial charge < -0.3 is 20.3 Å². The molecule has 0 aromatic heterocycles. The Balaban J connectivity index is 1.78. The molecule has 0 aliphatic heterocycles. The minimum absolute atomic E-state index is 0.206. The molecule has 0 fully saturated rings. The molecular formula is C23H29N3O4. The van der Waals surface area contributed by atoms with Crippen LogP contribution in [0, 0.1) is 13.8 Å². The lowest BCUT2D eigenvalue weighted by molar-refractivity contribution is -0.126. The summed E-state index contributed by atoms with van der Waals surface area (Å²) in [5, 5.41) is 5.24. The van der Waals surface area contributed by atoms with Crippen LogP contribution in [0.15, 0.2) is 42.5 Å². The second-order valence-corrected chi connectivity index (χ2v) is 6.89. The van der Waals surface area contributed by atoms with Gasteiger partial charge in [-0.2, -0.15) is 0 Å². The highest BCUT2D eigenvalue weighted by atomic mass is 16.5. The molecule has 0 aliphatic carbocycles. The number of amides is 2. The molecule has 2 rings (SSSR count). The zero-order valence-electron chi connectivity index (χ0n) is 18.0. The zero-order valence-corrected chi connectivity index (χ0v) is 18.0. The Morgan fingerprint density at radius 1 is 0.900 bits per heavy atom. The molecule has 0 spiro atoms. The van der Waals surface area contributed by atoms with Gasteiger partial charge in [0, 0.05) is 24.5 Å². The number of nitrogens with zero attached hydrogens (tertiary/aromatic N) is 1. The first-order valence-corrected chi connectivity index (χ1v) is 10.0. The summed E-state index contributed by atoms with van der Waals surface area (Å²) in [5.41, 5.74) is 4.00. The summed E-state index contributed by atoms with van der Waals surface area (Å²) in [6.07, 6.45) is 0. The van der Waals surface area contributed by atoms with Crippen LogP contribution in [0.25, 0.3) is 0 Å². The Hall–Kier alpha value is -3.35. The monoisotopic (exact) mass is 411 g/mol. The summed E-state index contributed by atoms with van der Waals surface area (Å²) in [5.74, 6) is -1.48. The number of hydrogen-bond acceptors (Lipinski definition) is 5. The first-order valence-electron chi connectivity index (χ1n) is 10.0. The van der Waals surface area contributed by atoms with Gasteiger partial charge in [0.2, 0.25) is 5.91 Å². The normalized spacial score (nSPS) is 10.3. The number of aryl methyl sites for hydroxylation is 2. The fourth-order valence-corrected chi connectivity index (χ4v) is 3.04. The Labute approximate surface area is 177 Å². The molecule has 0 aliphatic rings. The number of carbonyl (C=O) groups excluding carboxylic acids is 3. The molecule has 30 heavy (non-hydrogen) atoms. The van der Waals surface area contributed by atoms with Crippen LogP contribution in [-0.2, 0) is 14.3 Å². The molecule has 0 unspecified atom stereocenters. The molecule has 2 N–H and O–H groups in total. The number of benzene rings is 2. The molecule has 2 aromatic rings. The minimum atomic E-state index is -0.587. The molecule has 0 bridgehead atoms. The number of hydrogen-bond donors (Lipinski definition) is 2. The van der Waals surface area contributed by atoms with Crippen molar-refractivity contribution in [1.29, 1.82) is 0 Å². The number of ether oxygens (including phenoxy) is 1. The van der Waals surface area contributed by atoms with Crippen molar-refractivity contribution in [1.82, 2.24) is 5.32 Å². The van der Waals surface area contributed by atoms with Crippen molar-refractivity contribution in [2.45, 2.75) is 27.7 Å². The number of rotatable bonds is 9. The Kier molecular flexibility index (Phi) is 8.41. The van der Waals surface area contributed by atoms with E-state index in [2.05, 4.69) is 29.4 Å². The van der Waals surface area contributed by atoms with Crippen LogP contribution >= 0.6 is 0 Å². The molecule has 0 saturated carbocycles. The third-order valence-electron chi connectivity index (χ3n) is 4.76. The third-order valence-corrected chi connectivity index (χ3v) is 4.76. The lowest BCUT2D eigenvalue weighted by Gasteiger charge is -2.20. The van der Waals surface area contributed by atoms with Crippen molar-refractivity contribution < 1.29 is 19.1 Å². The van der Waals surface area contributed by atoms with Gasteiger partial charge >= 0.3 is 5.97 Å². The first kappa shape index (κ1) is 22.9. The maximum Gasteiger partial charge on any atom is 0.338 e. The van der Waals surface area contributed by atoms with Gasteiger partial charge in [0.15, 0.2) is 6.61 Å². The molecule has 7 heteroatoms. The quantitative estimate of drug-likeness (QED) is 0.619.